The number of carbonyl (C=O) groups excluding carboxylic acids is 1. The normalized spacial score (nSPS) is 38.5. The van der Waals surface area contributed by atoms with Crippen molar-refractivity contribution in [2.24, 2.45) is 130 Å². The topological polar surface area (TPSA) is 148 Å². The summed E-state index contributed by atoms with van der Waals surface area (Å²) in [4.78, 5) is 14.4. The molecule has 4 fully saturated rings. The summed E-state index contributed by atoms with van der Waals surface area (Å²) in [6.07, 6.45) is 45.6. The van der Waals surface area contributed by atoms with E-state index in [1.54, 1.807) is 17.7 Å². The molecule has 28 atom stereocenters. The number of hydrogen-bond donors (Lipinski definition) is 6. The zero-order chi connectivity index (χ0) is 81.7. The van der Waals surface area contributed by atoms with Gasteiger partial charge in [0.1, 0.15) is 0 Å². The van der Waals surface area contributed by atoms with Crippen molar-refractivity contribution < 1.29 is 40.2 Å². The highest BCUT2D eigenvalue weighted by Gasteiger charge is 2.31. The predicted molar refractivity (Wildman–Crippen MR) is 482 cm³/mol. The summed E-state index contributed by atoms with van der Waals surface area (Å²) in [5, 5.41) is 53.2. The molecular formula is C94H163Br5O8. The highest BCUT2D eigenvalue weighted by atomic mass is 79.9. The highest BCUT2D eigenvalue weighted by Crippen LogP contribution is 2.39. The molecule has 13 aliphatic rings. The Labute approximate surface area is 701 Å². The molecule has 0 bridgehead atoms. The summed E-state index contributed by atoms with van der Waals surface area (Å²) in [6.45, 7) is 54.6. The van der Waals surface area contributed by atoms with Crippen LogP contribution >= 0.6 is 79.6 Å². The van der Waals surface area contributed by atoms with Gasteiger partial charge in [0, 0.05) is 24.1 Å². The predicted octanol–water partition coefficient (Wildman–Crippen LogP) is 25.9. The molecule has 622 valence electrons. The minimum Gasteiger partial charge on any atom is -0.469 e. The smallest absolute Gasteiger partial charge is 0.312 e. The van der Waals surface area contributed by atoms with Crippen LogP contribution in [0.2, 0.25) is 0 Å². The molecule has 8 nitrogen and oxygen atoms in total. The molecule has 0 aromatic rings. The van der Waals surface area contributed by atoms with Gasteiger partial charge in [-0.3, -0.25) is 4.79 Å². The van der Waals surface area contributed by atoms with E-state index in [0.29, 0.717) is 50.5 Å². The molecule has 0 aromatic heterocycles. The van der Waals surface area contributed by atoms with Gasteiger partial charge in [0.15, 0.2) is 0 Å². The van der Waals surface area contributed by atoms with Gasteiger partial charge >= 0.3 is 5.97 Å². The molecule has 0 saturated heterocycles. The van der Waals surface area contributed by atoms with Crippen LogP contribution < -0.4 is 0 Å². The lowest BCUT2D eigenvalue weighted by atomic mass is 10.0. The number of allylic oxidation sites excluding steroid dienone is 11. The van der Waals surface area contributed by atoms with Crippen molar-refractivity contribution in [2.45, 2.75) is 318 Å². The van der Waals surface area contributed by atoms with Gasteiger partial charge in [-0.2, -0.15) is 0 Å². The fourth-order valence-corrected chi connectivity index (χ4v) is 21.9. The van der Waals surface area contributed by atoms with Crippen LogP contribution in [0.5, 0.6) is 0 Å². The van der Waals surface area contributed by atoms with Crippen molar-refractivity contribution in [1.82, 2.24) is 0 Å². The van der Waals surface area contributed by atoms with Crippen molar-refractivity contribution >= 4 is 85.6 Å². The van der Waals surface area contributed by atoms with Crippen molar-refractivity contribution in [2.75, 3.05) is 26.9 Å². The number of methoxy groups -OCH3 is 1. The molecule has 2 unspecified atom stereocenters. The van der Waals surface area contributed by atoms with Gasteiger partial charge in [-0.1, -0.05) is 315 Å². The first kappa shape index (κ1) is 104. The molecule has 0 amide bonds. The molecule has 13 heteroatoms. The van der Waals surface area contributed by atoms with Gasteiger partial charge in [0.2, 0.25) is 0 Å². The average molecular weight is 1820 g/mol. The lowest BCUT2D eigenvalue weighted by molar-refractivity contribution is -0.144. The third-order valence-corrected chi connectivity index (χ3v) is 28.4. The van der Waals surface area contributed by atoms with Crippen molar-refractivity contribution in [1.29, 1.82) is 0 Å². The zero-order valence-electron chi connectivity index (χ0n) is 72.3. The Morgan fingerprint density at radius 2 is 0.654 bits per heavy atom. The van der Waals surface area contributed by atoms with Crippen LogP contribution in [0.4, 0.5) is 0 Å². The SMILES string of the molecule is CC1=C[C@H](Br)C[C@@H]1C.CC1=C[C@H](C)C[C@@H]1C.CC1C[C@@H](C)[C@@H](C)C1.CC1C[C@H](C)[C@@H](C)C1.COC(=O)[C@H]1C[C@@H](O)C=C1C.C[C@@H]1C=C[C@H](Br)C1.C[C@@H]1C=C[C@H](C)C1.C[C@@H]1C=C[C@H](O)C1.C[C@@H]1CC(Br)C[C@@H]1C.C[C@H]1C=C(CO)[C@@H](C)C1.C[C@H]1CC(Br)C[C@@H]1C.C[C@H]1C[C@@H](Br)C=C1CO.C[C@H]1C[C@@H](O)C=C1CO. The molecule has 6 N–H and O–H groups in total. The number of carbonyl (C=O) groups is 1. The lowest BCUT2D eigenvalue weighted by Crippen LogP contribution is -2.16. The van der Waals surface area contributed by atoms with E-state index in [2.05, 4.69) is 285 Å². The molecule has 13 aliphatic carbocycles. The number of hydrogen-bond acceptors (Lipinski definition) is 8. The summed E-state index contributed by atoms with van der Waals surface area (Å²) >= 11 is 17.7. The van der Waals surface area contributed by atoms with E-state index in [1.807, 2.05) is 26.0 Å². The first-order valence-electron chi connectivity index (χ1n) is 42.3. The molecule has 0 aromatic carbocycles. The number of rotatable bonds is 4. The monoisotopic (exact) mass is 1810 g/mol. The lowest BCUT2D eigenvalue weighted by Gasteiger charge is -2.08. The van der Waals surface area contributed by atoms with Crippen LogP contribution in [0.25, 0.3) is 0 Å². The largest absolute Gasteiger partial charge is 0.469 e. The fraction of sp³-hybridized carbons (Fsp3) is 0.798. The second-order valence-corrected chi connectivity index (χ2v) is 42.6. The Hall–Kier alpha value is -0.710. The number of alkyl halides is 5. The van der Waals surface area contributed by atoms with Crippen molar-refractivity contribution in [3.63, 3.8) is 0 Å². The van der Waals surface area contributed by atoms with Crippen LogP contribution in [0.3, 0.4) is 0 Å². The highest BCUT2D eigenvalue weighted by molar-refractivity contribution is 9.10. The quantitative estimate of drug-likeness (QED) is 0.0926. The molecule has 0 aliphatic heterocycles. The third kappa shape index (κ3) is 44.8. The molecule has 13 rings (SSSR count). The molecule has 0 heterocycles. The molecular weight excluding hydrogens is 1660 g/mol. The summed E-state index contributed by atoms with van der Waals surface area (Å²) in [5.74, 6) is 17.1. The Bertz CT molecular complexity index is 2390. The number of aliphatic hydroxyl groups is 6. The zero-order valence-corrected chi connectivity index (χ0v) is 80.2. The Balaban J connectivity index is 0.000000580. The number of halogens is 5. The van der Waals surface area contributed by atoms with Crippen LogP contribution in [0, 0.1) is 130 Å². The van der Waals surface area contributed by atoms with E-state index >= 15 is 0 Å². The van der Waals surface area contributed by atoms with Crippen molar-refractivity contribution in [3.8, 4) is 0 Å². The minimum absolute atomic E-state index is 0.0955. The first-order valence-corrected chi connectivity index (χ1v) is 46.9. The van der Waals surface area contributed by atoms with Gasteiger partial charge < -0.3 is 35.4 Å². The van der Waals surface area contributed by atoms with Crippen LogP contribution in [0.1, 0.15) is 275 Å². The number of esters is 1. The standard InChI is InChI=1S/C8H12O3.C8H14O.2C8H16.C8H14.C7H11BrO.2C7H13Br.C7H11Br.C7H12O2.C7H12.C6H9Br.C6H10O/c1-5-3-6(9)4-7(5)8(10)11-2;1-6-3-7(2)8(4-6)5-9;3*1-6-4-7(2)8(3)5-6;1-5-2-7(8)3-6(5)4-9;3*1-5-3-7(8)4-6(5)2;1-5-2-7(9)3-6(5)4-8;1-6-3-4-7(2)5-6;2*1-5-2-3-6(7)4-5/h3,6-7,9H,4H2,1-2H3;4,6-7,9H,3,5H2,1-2H3;2*6-8H,4-5H2,1-3H3;4,6,8H,5H2,1-3H3;3,5,7,9H,2,4H2,1H3;2*5-7H,3-4H2,1-2H3;3,6-7H,4H2,1-2H3;3,5,7-9H,2,4H2,1H3;3-4,6-7H,5H2,1-2H3;2-3,5-6H,4H2,1H3;2-3,5-7H,4H2,1H3/t6-,7-;6-,7+;7-,8-;6?,7-,8+;6-,8-;5-,7+;5-,6+,7?;5-,6-;6-,7-;5-,7+;6-,7+;2*5-,6+/m010.00.000.11/s1. The molecule has 0 spiro atoms. The average Bonchev–Trinajstić information content (AvgIpc) is 1.73. The first-order chi connectivity index (χ1) is 49.9. The van der Waals surface area contributed by atoms with E-state index in [9.17, 15) is 4.79 Å². The Morgan fingerprint density at radius 1 is 0.318 bits per heavy atom. The van der Waals surface area contributed by atoms with E-state index in [-0.39, 0.29) is 43.9 Å². The number of ether oxygens (including phenoxy) is 1. The summed E-state index contributed by atoms with van der Waals surface area (Å²) in [6, 6.07) is 0. The fourth-order valence-electron chi connectivity index (χ4n) is 16.9. The van der Waals surface area contributed by atoms with Gasteiger partial charge in [-0.05, 0) is 271 Å². The van der Waals surface area contributed by atoms with Gasteiger partial charge in [-0.25, -0.2) is 0 Å². The summed E-state index contributed by atoms with van der Waals surface area (Å²) in [5.41, 5.74) is 7.40. The van der Waals surface area contributed by atoms with Crippen LogP contribution in [-0.2, 0) is 9.53 Å². The Morgan fingerprint density at radius 3 is 0.813 bits per heavy atom. The maximum atomic E-state index is 11.0. The van der Waals surface area contributed by atoms with E-state index in [0.717, 1.165) is 135 Å². The van der Waals surface area contributed by atoms with Crippen LogP contribution in [-0.4, -0.2) is 106 Å². The second kappa shape index (κ2) is 55.8. The van der Waals surface area contributed by atoms with Crippen LogP contribution in [0.15, 0.2) is 106 Å². The number of aliphatic hydroxyl groups excluding tert-OH is 6. The second-order valence-electron chi connectivity index (χ2n) is 36.5. The molecule has 107 heavy (non-hydrogen) atoms. The summed E-state index contributed by atoms with van der Waals surface area (Å²) in [7, 11) is 1.36. The van der Waals surface area contributed by atoms with Crippen molar-refractivity contribution in [3.05, 3.63) is 106 Å². The third-order valence-electron chi connectivity index (χ3n) is 25.0. The summed E-state index contributed by atoms with van der Waals surface area (Å²) < 4.78 is 4.56. The van der Waals surface area contributed by atoms with Gasteiger partial charge in [-0.15, -0.1) is 0 Å². The van der Waals surface area contributed by atoms with Gasteiger partial charge in [0.05, 0.1) is 51.2 Å². The molecule has 4 saturated carbocycles. The molecule has 0 radical (unpaired) electrons. The minimum atomic E-state index is -0.473. The maximum absolute atomic E-state index is 11.0. The van der Waals surface area contributed by atoms with E-state index in [4.69, 9.17) is 30.6 Å². The van der Waals surface area contributed by atoms with E-state index in [1.165, 1.54) is 107 Å². The Kier molecular flexibility index (Phi) is 54.4. The maximum Gasteiger partial charge on any atom is 0.312 e. The van der Waals surface area contributed by atoms with E-state index < -0.39 is 6.10 Å². The van der Waals surface area contributed by atoms with Gasteiger partial charge in [0.25, 0.3) is 0 Å².